The van der Waals surface area contributed by atoms with Crippen molar-refractivity contribution >= 4 is 16.1 Å². The minimum atomic E-state index is -1.17. The van der Waals surface area contributed by atoms with Crippen LogP contribution in [0.15, 0.2) is 49.1 Å². The molecule has 3 aliphatic rings. The number of aliphatic hydroxyl groups is 1. The molecule has 4 heterocycles. The van der Waals surface area contributed by atoms with Crippen LogP contribution in [0.5, 0.6) is 0 Å². The maximum absolute atomic E-state index is 10.3. The van der Waals surface area contributed by atoms with Crippen LogP contribution in [0, 0.1) is 11.3 Å². The fourth-order valence-corrected chi connectivity index (χ4v) is 11.0. The van der Waals surface area contributed by atoms with E-state index in [2.05, 4.69) is 87.4 Å². The number of benzene rings is 1. The number of imidazole rings is 2. The van der Waals surface area contributed by atoms with Gasteiger partial charge < -0.3 is 28.6 Å². The van der Waals surface area contributed by atoms with Crippen LogP contribution in [0.2, 0.25) is 51.4 Å². The van der Waals surface area contributed by atoms with E-state index in [1.54, 1.807) is 0 Å². The van der Waals surface area contributed by atoms with Crippen LogP contribution in [-0.2, 0) is 48.9 Å². The summed E-state index contributed by atoms with van der Waals surface area (Å²) in [6.07, 6.45) is 20.8. The zero-order chi connectivity index (χ0) is 41.0. The van der Waals surface area contributed by atoms with Gasteiger partial charge in [-0.1, -0.05) is 82.8 Å². The van der Waals surface area contributed by atoms with E-state index in [1.807, 2.05) is 24.8 Å². The molecule has 58 heavy (non-hydrogen) atoms. The Balaban J connectivity index is 1.06. The van der Waals surface area contributed by atoms with E-state index in [1.165, 1.54) is 88.7 Å². The van der Waals surface area contributed by atoms with Crippen LogP contribution in [0.25, 0.3) is 0 Å². The van der Waals surface area contributed by atoms with E-state index >= 15 is 0 Å². The molecule has 0 amide bonds. The van der Waals surface area contributed by atoms with Gasteiger partial charge in [0.1, 0.15) is 25.1 Å². The molecule has 12 heteroatoms. The number of rotatable bonds is 23. The monoisotopic (exact) mass is 834 g/mol. The lowest BCUT2D eigenvalue weighted by atomic mass is 9.77. The van der Waals surface area contributed by atoms with Gasteiger partial charge in [-0.15, -0.1) is 0 Å². The van der Waals surface area contributed by atoms with Crippen molar-refractivity contribution in [3.8, 4) is 0 Å². The largest absolute Gasteiger partial charge is 0.395 e. The fraction of sp³-hybridized carbons (Fsp3) is 0.739. The van der Waals surface area contributed by atoms with Gasteiger partial charge in [0.05, 0.1) is 6.61 Å². The van der Waals surface area contributed by atoms with Gasteiger partial charge in [0.2, 0.25) is 0 Å². The molecule has 2 saturated heterocycles. The zero-order valence-corrected chi connectivity index (χ0v) is 39.3. The molecule has 324 valence electrons. The first-order valence-electron chi connectivity index (χ1n) is 22.9. The normalized spacial score (nSPS) is 18.7. The van der Waals surface area contributed by atoms with Gasteiger partial charge in [-0.25, -0.2) is 9.97 Å². The predicted molar refractivity (Wildman–Crippen MR) is 242 cm³/mol. The molecule has 6 rings (SSSR count). The van der Waals surface area contributed by atoms with Crippen molar-refractivity contribution < 1.29 is 14.6 Å². The number of aromatic nitrogens is 4. The second-order valence-corrected chi connectivity index (χ2v) is 31.9. The SMILES string of the molecule is C[Si](C)(C)CCOCn1ccnc1CC(Cc1nccn1COCC[Si](C)(C)C)CN(CCO)Cc1ccc(CN2CCC3(CCN(C4CCCCC4)CC3)C2)cc1. The molecular weight excluding hydrogens is 755 g/mol. The number of piperidine rings is 1. The fourth-order valence-electron chi connectivity index (χ4n) is 9.48. The molecule has 3 fully saturated rings. The van der Waals surface area contributed by atoms with Crippen molar-refractivity contribution in [1.82, 2.24) is 33.8 Å². The molecule has 1 aliphatic carbocycles. The standard InChI is InChI=1S/C46H79N7O3Si2/c1-57(2,3)30-28-55-38-52-24-19-47-44(52)32-42(33-45-48-20-25-53(45)39-56-29-31-58(4,5)6)36-49(26-27-54)34-40-12-14-41(15-13-40)35-50-21-16-46(37-50)17-22-51(23-18-46)43-10-8-7-9-11-43/h12-15,19-20,24-25,42-43,54H,7-11,16-18,21-23,26-39H2,1-6H3. The first-order valence-corrected chi connectivity index (χ1v) is 30.3. The van der Waals surface area contributed by atoms with Gasteiger partial charge in [0.25, 0.3) is 0 Å². The lowest BCUT2D eigenvalue weighted by Gasteiger charge is -2.43. The van der Waals surface area contributed by atoms with Crippen LogP contribution in [0.4, 0.5) is 0 Å². The number of hydrogen-bond donors (Lipinski definition) is 1. The van der Waals surface area contributed by atoms with Crippen molar-refractivity contribution in [2.24, 2.45) is 11.3 Å². The van der Waals surface area contributed by atoms with Crippen molar-refractivity contribution in [3.05, 3.63) is 71.8 Å². The van der Waals surface area contributed by atoms with Crippen molar-refractivity contribution in [2.75, 3.05) is 59.1 Å². The summed E-state index contributed by atoms with van der Waals surface area (Å²) in [5.41, 5.74) is 3.23. The van der Waals surface area contributed by atoms with Crippen LogP contribution in [0.1, 0.15) is 74.1 Å². The number of likely N-dealkylation sites (tertiary alicyclic amines) is 2. The molecule has 1 spiro atoms. The number of hydrogen-bond acceptors (Lipinski definition) is 8. The molecule has 10 nitrogen and oxygen atoms in total. The Morgan fingerprint density at radius 1 is 0.776 bits per heavy atom. The van der Waals surface area contributed by atoms with Gasteiger partial charge in [-0.2, -0.15) is 0 Å². The third kappa shape index (κ3) is 14.5. The Hall–Kier alpha value is -2.17. The highest BCUT2D eigenvalue weighted by Gasteiger charge is 2.41. The lowest BCUT2D eigenvalue weighted by Crippen LogP contribution is -2.46. The summed E-state index contributed by atoms with van der Waals surface area (Å²) in [7, 11) is -2.33. The highest BCUT2D eigenvalue weighted by Crippen LogP contribution is 2.42. The minimum Gasteiger partial charge on any atom is -0.395 e. The summed E-state index contributed by atoms with van der Waals surface area (Å²) < 4.78 is 16.7. The molecule has 2 aromatic heterocycles. The average Bonchev–Trinajstić information content (AvgIpc) is 3.93. The van der Waals surface area contributed by atoms with Crippen molar-refractivity contribution in [2.45, 2.75) is 148 Å². The molecule has 1 saturated carbocycles. The molecule has 1 aromatic carbocycles. The Kier molecular flexibility index (Phi) is 16.9. The highest BCUT2D eigenvalue weighted by molar-refractivity contribution is 6.76. The summed E-state index contributed by atoms with van der Waals surface area (Å²) in [5, 5.41) is 10.3. The molecule has 0 atom stereocenters. The summed E-state index contributed by atoms with van der Waals surface area (Å²) in [5.74, 6) is 2.30. The molecule has 0 unspecified atom stereocenters. The minimum absolute atomic E-state index is 0.124. The van der Waals surface area contributed by atoms with E-state index in [0.29, 0.717) is 25.4 Å². The van der Waals surface area contributed by atoms with E-state index < -0.39 is 16.1 Å². The predicted octanol–water partition coefficient (Wildman–Crippen LogP) is 8.22. The highest BCUT2D eigenvalue weighted by atomic mass is 28.3. The Morgan fingerprint density at radius 3 is 1.88 bits per heavy atom. The van der Waals surface area contributed by atoms with Crippen molar-refractivity contribution in [1.29, 1.82) is 0 Å². The van der Waals surface area contributed by atoms with Crippen LogP contribution in [-0.4, -0.2) is 120 Å². The smallest absolute Gasteiger partial charge is 0.123 e. The number of nitrogens with zero attached hydrogens (tertiary/aromatic N) is 7. The Morgan fingerprint density at radius 2 is 1.33 bits per heavy atom. The third-order valence-electron chi connectivity index (χ3n) is 13.2. The first-order chi connectivity index (χ1) is 27.9. The van der Waals surface area contributed by atoms with Crippen LogP contribution in [0.3, 0.4) is 0 Å². The van der Waals surface area contributed by atoms with Crippen LogP contribution < -0.4 is 0 Å². The Labute approximate surface area is 353 Å². The van der Waals surface area contributed by atoms with Gasteiger partial charge in [0, 0.05) is 106 Å². The molecule has 2 aliphatic heterocycles. The Bertz CT molecular complexity index is 1560. The summed E-state index contributed by atoms with van der Waals surface area (Å²) >= 11 is 0. The van der Waals surface area contributed by atoms with Gasteiger partial charge in [-0.05, 0) is 86.3 Å². The van der Waals surface area contributed by atoms with Gasteiger partial charge >= 0.3 is 0 Å². The quantitative estimate of drug-likeness (QED) is 0.0757. The number of ether oxygens (including phenoxy) is 2. The van der Waals surface area contributed by atoms with E-state index in [-0.39, 0.29) is 12.5 Å². The lowest BCUT2D eigenvalue weighted by molar-refractivity contribution is 0.0615. The molecular formula is C46H79N7O3Si2. The summed E-state index contributed by atoms with van der Waals surface area (Å²) in [6, 6.07) is 12.5. The molecule has 0 radical (unpaired) electrons. The maximum atomic E-state index is 10.3. The molecule has 3 aromatic rings. The number of aliphatic hydroxyl groups excluding tert-OH is 1. The van der Waals surface area contributed by atoms with E-state index in [4.69, 9.17) is 19.4 Å². The third-order valence-corrected chi connectivity index (χ3v) is 16.6. The second kappa shape index (κ2) is 21.6. The van der Waals surface area contributed by atoms with Crippen molar-refractivity contribution in [3.63, 3.8) is 0 Å². The maximum Gasteiger partial charge on any atom is 0.123 e. The van der Waals surface area contributed by atoms with Gasteiger partial charge in [-0.3, -0.25) is 9.80 Å². The summed E-state index contributed by atoms with van der Waals surface area (Å²) in [6.45, 7) is 25.5. The van der Waals surface area contributed by atoms with E-state index in [0.717, 1.165) is 75.5 Å². The molecule has 0 bridgehead atoms. The zero-order valence-electron chi connectivity index (χ0n) is 37.3. The van der Waals surface area contributed by atoms with Crippen LogP contribution >= 0.6 is 0 Å². The average molecular weight is 834 g/mol. The van der Waals surface area contributed by atoms with E-state index in [9.17, 15) is 5.11 Å². The molecule has 1 N–H and O–H groups in total. The first kappa shape index (κ1) is 45.4. The van der Waals surface area contributed by atoms with Gasteiger partial charge in [0.15, 0.2) is 0 Å². The summed E-state index contributed by atoms with van der Waals surface area (Å²) in [4.78, 5) is 17.6. The second-order valence-electron chi connectivity index (χ2n) is 20.7. The topological polar surface area (TPSA) is 84.0 Å².